The van der Waals surface area contributed by atoms with Crippen molar-refractivity contribution in [3.05, 3.63) is 18.7 Å². The highest BCUT2D eigenvalue weighted by Gasteiger charge is 2.29. The van der Waals surface area contributed by atoms with Gasteiger partial charge in [0, 0.05) is 32.0 Å². The molecule has 22 heavy (non-hydrogen) atoms. The molecule has 1 N–H and O–H groups in total. The number of hydrogen-bond donors (Lipinski definition) is 1. The molecule has 1 saturated heterocycles. The van der Waals surface area contributed by atoms with Crippen molar-refractivity contribution in [2.45, 2.75) is 25.7 Å². The highest BCUT2D eigenvalue weighted by atomic mass is 16.1. The number of amides is 1. The summed E-state index contributed by atoms with van der Waals surface area (Å²) in [7, 11) is 0. The van der Waals surface area contributed by atoms with E-state index in [9.17, 15) is 4.79 Å². The number of hydrogen-bond acceptors (Lipinski definition) is 5. The van der Waals surface area contributed by atoms with Gasteiger partial charge in [-0.3, -0.25) is 9.20 Å². The Kier molecular flexibility index (Phi) is 3.40. The Morgan fingerprint density at radius 1 is 1.36 bits per heavy atom. The van der Waals surface area contributed by atoms with Crippen LogP contribution in [-0.2, 0) is 4.79 Å². The zero-order valence-corrected chi connectivity index (χ0v) is 12.5. The van der Waals surface area contributed by atoms with Crippen LogP contribution in [0.3, 0.4) is 0 Å². The van der Waals surface area contributed by atoms with E-state index in [1.165, 1.54) is 12.8 Å². The summed E-state index contributed by atoms with van der Waals surface area (Å²) in [5.74, 6) is 1.76. The van der Waals surface area contributed by atoms with Crippen LogP contribution in [0.15, 0.2) is 18.7 Å². The van der Waals surface area contributed by atoms with Gasteiger partial charge in [0.2, 0.25) is 11.6 Å². The minimum Gasteiger partial charge on any atom is -0.356 e. The van der Waals surface area contributed by atoms with E-state index in [0.717, 1.165) is 43.3 Å². The smallest absolute Gasteiger partial charge is 0.224 e. The summed E-state index contributed by atoms with van der Waals surface area (Å²) in [4.78, 5) is 18.9. The van der Waals surface area contributed by atoms with Gasteiger partial charge in [-0.15, -0.1) is 10.2 Å². The third kappa shape index (κ3) is 2.63. The topological polar surface area (TPSA) is 75.4 Å². The molecule has 0 aromatic carbocycles. The summed E-state index contributed by atoms with van der Waals surface area (Å²) in [5.41, 5.74) is 0.751. The van der Waals surface area contributed by atoms with Crippen LogP contribution in [0.2, 0.25) is 0 Å². The average molecular weight is 300 g/mol. The second-order valence-corrected chi connectivity index (χ2v) is 6.29. The van der Waals surface area contributed by atoms with Crippen LogP contribution >= 0.6 is 0 Å². The normalized spacial score (nSPS) is 22.0. The van der Waals surface area contributed by atoms with Crippen molar-refractivity contribution in [3.63, 3.8) is 0 Å². The van der Waals surface area contributed by atoms with E-state index < -0.39 is 0 Å². The average Bonchev–Trinajstić information content (AvgIpc) is 3.27. The first-order chi connectivity index (χ1) is 10.8. The number of anilines is 1. The Bertz CT molecular complexity index is 679. The second kappa shape index (κ2) is 5.55. The summed E-state index contributed by atoms with van der Waals surface area (Å²) in [5, 5.41) is 11.2. The van der Waals surface area contributed by atoms with Crippen LogP contribution in [0, 0.1) is 11.8 Å². The minimum atomic E-state index is 0.0393. The van der Waals surface area contributed by atoms with Gasteiger partial charge in [-0.1, -0.05) is 0 Å². The summed E-state index contributed by atoms with van der Waals surface area (Å²) in [6.45, 7) is 2.45. The van der Waals surface area contributed by atoms with Crippen molar-refractivity contribution in [1.29, 1.82) is 0 Å². The molecule has 7 heteroatoms. The van der Waals surface area contributed by atoms with Crippen molar-refractivity contribution >= 4 is 17.4 Å². The molecular weight excluding hydrogens is 280 g/mol. The van der Waals surface area contributed by atoms with E-state index in [1.807, 2.05) is 10.6 Å². The highest BCUT2D eigenvalue weighted by Crippen LogP contribution is 2.28. The number of carbonyl (C=O) groups excluding carboxylic acids is 1. The molecule has 0 spiro atoms. The molecule has 1 aliphatic carbocycles. The molecule has 1 amide bonds. The second-order valence-electron chi connectivity index (χ2n) is 6.29. The molecule has 3 heterocycles. The molecule has 0 radical (unpaired) electrons. The van der Waals surface area contributed by atoms with E-state index in [4.69, 9.17) is 0 Å². The Hall–Kier alpha value is -2.18. The molecule has 0 bridgehead atoms. The lowest BCUT2D eigenvalue weighted by atomic mass is 9.97. The molecule has 2 fully saturated rings. The number of fused-ring (bicyclic) bond motifs is 1. The number of nitrogens with zero attached hydrogens (tertiary/aromatic N) is 5. The zero-order chi connectivity index (χ0) is 14.9. The molecule has 2 aliphatic rings. The summed E-state index contributed by atoms with van der Waals surface area (Å²) in [6.07, 6.45) is 9.72. The van der Waals surface area contributed by atoms with Gasteiger partial charge in [0.15, 0.2) is 5.82 Å². The molecule has 1 atom stereocenters. The third-order valence-electron chi connectivity index (χ3n) is 4.55. The molecule has 2 aromatic rings. The standard InChI is InChI=1S/C15H20N6O/c22-15(17-8-11-3-4-11)12-2-1-6-20(9-12)13-14-19-18-10-21(14)7-5-16-13/h5,7,10-12H,1-4,6,8-9H2,(H,17,22)/t12-/m0/s1. The van der Waals surface area contributed by atoms with Gasteiger partial charge in [0.1, 0.15) is 6.33 Å². The van der Waals surface area contributed by atoms with Gasteiger partial charge in [0.25, 0.3) is 0 Å². The first-order valence-electron chi connectivity index (χ1n) is 7.98. The molecule has 4 rings (SSSR count). The SMILES string of the molecule is O=C(NCC1CC1)[C@H]1CCCN(c2nccn3cnnc23)C1. The first kappa shape index (κ1) is 13.5. The van der Waals surface area contributed by atoms with Gasteiger partial charge < -0.3 is 10.2 Å². The number of carbonyl (C=O) groups is 1. The first-order valence-corrected chi connectivity index (χ1v) is 7.98. The van der Waals surface area contributed by atoms with Gasteiger partial charge >= 0.3 is 0 Å². The maximum Gasteiger partial charge on any atom is 0.224 e. The highest BCUT2D eigenvalue weighted by molar-refractivity contribution is 5.80. The van der Waals surface area contributed by atoms with Crippen LogP contribution in [0.5, 0.6) is 0 Å². The predicted octanol–water partition coefficient (Wildman–Crippen LogP) is 0.867. The number of nitrogens with one attached hydrogen (secondary N) is 1. The molecule has 2 aromatic heterocycles. The lowest BCUT2D eigenvalue weighted by Crippen LogP contribution is -2.44. The Labute approximate surface area is 128 Å². The van der Waals surface area contributed by atoms with Crippen LogP contribution < -0.4 is 10.2 Å². The Morgan fingerprint density at radius 2 is 2.27 bits per heavy atom. The van der Waals surface area contributed by atoms with E-state index in [0.29, 0.717) is 6.54 Å². The van der Waals surface area contributed by atoms with Crippen LogP contribution in [0.1, 0.15) is 25.7 Å². The molecule has 116 valence electrons. The fraction of sp³-hybridized carbons (Fsp3) is 0.600. The van der Waals surface area contributed by atoms with Crippen LogP contribution in [0.4, 0.5) is 5.82 Å². The molecule has 1 aliphatic heterocycles. The monoisotopic (exact) mass is 300 g/mol. The molecule has 0 unspecified atom stereocenters. The molecule has 1 saturated carbocycles. The molecular formula is C15H20N6O. The Morgan fingerprint density at radius 3 is 3.14 bits per heavy atom. The fourth-order valence-electron chi connectivity index (χ4n) is 3.06. The van der Waals surface area contributed by atoms with Crippen molar-refractivity contribution in [1.82, 2.24) is 24.9 Å². The number of rotatable bonds is 4. The largest absolute Gasteiger partial charge is 0.356 e. The van der Waals surface area contributed by atoms with Crippen molar-refractivity contribution in [3.8, 4) is 0 Å². The van der Waals surface area contributed by atoms with Crippen molar-refractivity contribution in [2.75, 3.05) is 24.5 Å². The predicted molar refractivity (Wildman–Crippen MR) is 81.5 cm³/mol. The van der Waals surface area contributed by atoms with Gasteiger partial charge in [-0.05, 0) is 31.6 Å². The summed E-state index contributed by atoms with van der Waals surface area (Å²) in [6, 6.07) is 0. The molecule has 7 nitrogen and oxygen atoms in total. The maximum atomic E-state index is 12.3. The van der Waals surface area contributed by atoms with Gasteiger partial charge in [-0.2, -0.15) is 0 Å². The zero-order valence-electron chi connectivity index (χ0n) is 12.5. The number of aromatic nitrogens is 4. The summed E-state index contributed by atoms with van der Waals surface area (Å²) >= 11 is 0. The van der Waals surface area contributed by atoms with Crippen LogP contribution in [-0.4, -0.2) is 45.1 Å². The van der Waals surface area contributed by atoms with Gasteiger partial charge in [-0.25, -0.2) is 4.98 Å². The van der Waals surface area contributed by atoms with E-state index in [-0.39, 0.29) is 11.8 Å². The van der Waals surface area contributed by atoms with E-state index in [1.54, 1.807) is 12.5 Å². The lowest BCUT2D eigenvalue weighted by molar-refractivity contribution is -0.125. The fourth-order valence-corrected chi connectivity index (χ4v) is 3.06. The maximum absolute atomic E-state index is 12.3. The summed E-state index contributed by atoms with van der Waals surface area (Å²) < 4.78 is 1.86. The van der Waals surface area contributed by atoms with E-state index in [2.05, 4.69) is 25.4 Å². The Balaban J connectivity index is 1.48. The van der Waals surface area contributed by atoms with Crippen molar-refractivity contribution in [2.24, 2.45) is 11.8 Å². The van der Waals surface area contributed by atoms with Gasteiger partial charge in [0.05, 0.1) is 5.92 Å². The van der Waals surface area contributed by atoms with E-state index >= 15 is 0 Å². The lowest BCUT2D eigenvalue weighted by Gasteiger charge is -2.32. The number of piperidine rings is 1. The minimum absolute atomic E-state index is 0.0393. The van der Waals surface area contributed by atoms with Crippen LogP contribution in [0.25, 0.3) is 5.65 Å². The van der Waals surface area contributed by atoms with Crippen molar-refractivity contribution < 1.29 is 4.79 Å². The quantitative estimate of drug-likeness (QED) is 0.906. The third-order valence-corrected chi connectivity index (χ3v) is 4.55.